The summed E-state index contributed by atoms with van der Waals surface area (Å²) in [5.74, 6) is -4.42. The number of piperidine rings is 1. The van der Waals surface area contributed by atoms with E-state index in [0.717, 1.165) is 22.2 Å². The van der Waals surface area contributed by atoms with E-state index >= 15 is 0 Å². The molecule has 5 N–H and O–H groups in total. The molecule has 0 saturated carbocycles. The standard InChI is InChI=1S/C24H24N4O5.C2HF3O2/c1-14-10-16(18-4-2-3-5-20(18)26-14)13-33-17-8-6-15(7-9-17)23(30)27-21-12-25-22(29)11-19(21)24(31)28-32;3-2(4,5)1(6)7/h2-10,19,21,32H,11-13H2,1H3,(H,25,29)(H,27,30)(H,28,31);(H,6,7). The third-order valence-electron chi connectivity index (χ3n) is 5.86. The number of pyridine rings is 1. The van der Waals surface area contributed by atoms with E-state index in [9.17, 15) is 27.6 Å². The number of amides is 3. The highest BCUT2D eigenvalue weighted by Crippen LogP contribution is 2.21. The van der Waals surface area contributed by atoms with Crippen molar-refractivity contribution in [1.29, 1.82) is 0 Å². The van der Waals surface area contributed by atoms with Crippen molar-refractivity contribution in [2.24, 2.45) is 5.92 Å². The number of hydroxylamine groups is 1. The summed E-state index contributed by atoms with van der Waals surface area (Å²) < 4.78 is 37.7. The van der Waals surface area contributed by atoms with Crippen LogP contribution in [0.1, 0.15) is 28.0 Å². The maximum Gasteiger partial charge on any atom is 0.490 e. The van der Waals surface area contributed by atoms with Crippen LogP contribution in [0.3, 0.4) is 0 Å². The van der Waals surface area contributed by atoms with E-state index in [2.05, 4.69) is 15.6 Å². The number of ether oxygens (including phenoxy) is 1. The zero-order valence-corrected chi connectivity index (χ0v) is 21.0. The lowest BCUT2D eigenvalue weighted by Crippen LogP contribution is -2.56. The van der Waals surface area contributed by atoms with Crippen LogP contribution in [0.4, 0.5) is 13.2 Å². The second-order valence-corrected chi connectivity index (χ2v) is 8.73. The molecule has 0 aliphatic carbocycles. The minimum Gasteiger partial charge on any atom is -0.489 e. The van der Waals surface area contributed by atoms with Crippen molar-refractivity contribution in [3.05, 3.63) is 71.4 Å². The Bertz CT molecular complexity index is 1400. The van der Waals surface area contributed by atoms with E-state index in [-0.39, 0.29) is 18.9 Å². The molecule has 2 atom stereocenters. The Morgan fingerprint density at radius 2 is 1.77 bits per heavy atom. The maximum atomic E-state index is 12.7. The molecule has 40 heavy (non-hydrogen) atoms. The van der Waals surface area contributed by atoms with Crippen molar-refractivity contribution >= 4 is 34.6 Å². The van der Waals surface area contributed by atoms with Gasteiger partial charge in [-0.25, -0.2) is 10.3 Å². The number of alkyl halides is 3. The van der Waals surface area contributed by atoms with Crippen LogP contribution in [0, 0.1) is 12.8 Å². The first-order valence-corrected chi connectivity index (χ1v) is 11.8. The Hall–Kier alpha value is -4.72. The Morgan fingerprint density at radius 3 is 2.40 bits per heavy atom. The Kier molecular flexibility index (Phi) is 9.61. The summed E-state index contributed by atoms with van der Waals surface area (Å²) in [5, 5.41) is 22.4. The molecule has 1 fully saturated rings. The minimum absolute atomic E-state index is 0.100. The van der Waals surface area contributed by atoms with Gasteiger partial charge in [0.15, 0.2) is 0 Å². The lowest BCUT2D eigenvalue weighted by Gasteiger charge is -2.30. The first-order chi connectivity index (χ1) is 18.9. The van der Waals surface area contributed by atoms with Crippen LogP contribution >= 0.6 is 0 Å². The van der Waals surface area contributed by atoms with Crippen molar-refractivity contribution in [3.63, 3.8) is 0 Å². The number of aliphatic carboxylic acids is 1. The predicted octanol–water partition coefficient (Wildman–Crippen LogP) is 2.50. The monoisotopic (exact) mass is 562 g/mol. The van der Waals surface area contributed by atoms with Gasteiger partial charge in [-0.05, 0) is 43.3 Å². The largest absolute Gasteiger partial charge is 0.490 e. The van der Waals surface area contributed by atoms with Gasteiger partial charge >= 0.3 is 12.1 Å². The molecule has 2 heterocycles. The highest BCUT2D eigenvalue weighted by Gasteiger charge is 2.38. The maximum absolute atomic E-state index is 12.7. The van der Waals surface area contributed by atoms with Gasteiger partial charge in [0.25, 0.3) is 5.91 Å². The topological polar surface area (TPSA) is 167 Å². The van der Waals surface area contributed by atoms with Crippen LogP contribution in [0.15, 0.2) is 54.6 Å². The van der Waals surface area contributed by atoms with Gasteiger partial charge in [0.05, 0.1) is 17.5 Å². The van der Waals surface area contributed by atoms with E-state index in [1.54, 1.807) is 29.7 Å². The van der Waals surface area contributed by atoms with Gasteiger partial charge in [-0.15, -0.1) is 0 Å². The summed E-state index contributed by atoms with van der Waals surface area (Å²) in [7, 11) is 0. The van der Waals surface area contributed by atoms with Crippen LogP contribution in [0.2, 0.25) is 0 Å². The number of carbonyl (C=O) groups is 4. The molecule has 3 amide bonds. The normalized spacial score (nSPS) is 16.7. The fraction of sp³-hybridized carbons (Fsp3) is 0.269. The number of aromatic nitrogens is 1. The van der Waals surface area contributed by atoms with Gasteiger partial charge in [-0.1, -0.05) is 18.2 Å². The smallest absolute Gasteiger partial charge is 0.489 e. The number of rotatable bonds is 6. The van der Waals surface area contributed by atoms with Crippen molar-refractivity contribution in [2.75, 3.05) is 6.54 Å². The second-order valence-electron chi connectivity index (χ2n) is 8.73. The zero-order valence-electron chi connectivity index (χ0n) is 21.0. The van der Waals surface area contributed by atoms with Gasteiger partial charge in [0, 0.05) is 35.2 Å². The van der Waals surface area contributed by atoms with Crippen molar-refractivity contribution < 1.29 is 47.4 Å². The van der Waals surface area contributed by atoms with Crippen LogP contribution in [0.25, 0.3) is 10.9 Å². The molecule has 0 bridgehead atoms. The highest BCUT2D eigenvalue weighted by molar-refractivity contribution is 5.95. The SMILES string of the molecule is Cc1cc(COc2ccc(C(=O)NC3CNC(=O)CC3C(=O)NO)cc2)c2ccccc2n1.O=C(O)C(F)(F)F. The lowest BCUT2D eigenvalue weighted by atomic mass is 9.91. The first-order valence-electron chi connectivity index (χ1n) is 11.8. The van der Waals surface area contributed by atoms with E-state index in [4.69, 9.17) is 19.8 Å². The Labute approximate surface area is 225 Å². The summed E-state index contributed by atoms with van der Waals surface area (Å²) in [5.41, 5.74) is 4.78. The molecule has 1 saturated heterocycles. The molecule has 0 radical (unpaired) electrons. The van der Waals surface area contributed by atoms with Crippen LogP contribution < -0.4 is 20.9 Å². The molecular weight excluding hydrogens is 537 g/mol. The quantitative estimate of drug-likeness (QED) is 0.226. The average Bonchev–Trinajstić information content (AvgIpc) is 2.92. The minimum atomic E-state index is -5.08. The molecule has 0 spiro atoms. The van der Waals surface area contributed by atoms with Crippen LogP contribution in [-0.2, 0) is 21.0 Å². The van der Waals surface area contributed by atoms with Crippen LogP contribution in [-0.4, -0.2) is 57.8 Å². The summed E-state index contributed by atoms with van der Waals surface area (Å²) in [6, 6.07) is 15.9. The number of para-hydroxylation sites is 1. The summed E-state index contributed by atoms with van der Waals surface area (Å²) >= 11 is 0. The number of fused-ring (bicyclic) bond motifs is 1. The van der Waals surface area contributed by atoms with Gasteiger partial charge in [0.1, 0.15) is 12.4 Å². The molecule has 1 aliphatic heterocycles. The number of benzene rings is 2. The number of aryl methyl sites for hydroxylation is 1. The molecule has 14 heteroatoms. The number of nitrogens with zero attached hydrogens (tertiary/aromatic N) is 1. The van der Waals surface area contributed by atoms with Gasteiger partial charge in [0.2, 0.25) is 11.8 Å². The summed E-state index contributed by atoms with van der Waals surface area (Å²) in [4.78, 5) is 49.5. The van der Waals surface area contributed by atoms with E-state index in [0.29, 0.717) is 17.9 Å². The Balaban J connectivity index is 0.000000559. The zero-order chi connectivity index (χ0) is 29.4. The van der Waals surface area contributed by atoms with E-state index in [1.165, 1.54) is 0 Å². The highest BCUT2D eigenvalue weighted by atomic mass is 19.4. The molecule has 11 nitrogen and oxygen atoms in total. The number of hydrogen-bond acceptors (Lipinski definition) is 7. The van der Waals surface area contributed by atoms with Crippen LogP contribution in [0.5, 0.6) is 5.75 Å². The fourth-order valence-electron chi connectivity index (χ4n) is 3.92. The number of nitrogens with one attached hydrogen (secondary N) is 3. The number of carboxylic acid groups (broad SMARTS) is 1. The van der Waals surface area contributed by atoms with Gasteiger partial charge in [-0.2, -0.15) is 13.2 Å². The summed E-state index contributed by atoms with van der Waals surface area (Å²) in [6.07, 6.45) is -5.20. The molecular formula is C26H25F3N4O7. The predicted molar refractivity (Wildman–Crippen MR) is 133 cm³/mol. The number of carboxylic acids is 1. The van der Waals surface area contributed by atoms with Crippen molar-refractivity contribution in [2.45, 2.75) is 32.2 Å². The molecule has 2 unspecified atom stereocenters. The molecule has 2 aromatic carbocycles. The second kappa shape index (κ2) is 12.9. The molecule has 212 valence electrons. The lowest BCUT2D eigenvalue weighted by molar-refractivity contribution is -0.192. The molecule has 3 aromatic rings. The summed E-state index contributed by atoms with van der Waals surface area (Å²) in [6.45, 7) is 2.40. The van der Waals surface area contributed by atoms with Gasteiger partial charge < -0.3 is 20.5 Å². The first kappa shape index (κ1) is 29.8. The number of halogens is 3. The van der Waals surface area contributed by atoms with Gasteiger partial charge in [-0.3, -0.25) is 24.6 Å². The number of carbonyl (C=O) groups excluding carboxylic acids is 3. The van der Waals surface area contributed by atoms with E-state index < -0.39 is 35.9 Å². The van der Waals surface area contributed by atoms with E-state index in [1.807, 2.05) is 37.3 Å². The van der Waals surface area contributed by atoms with Crippen molar-refractivity contribution in [1.82, 2.24) is 21.1 Å². The molecule has 4 rings (SSSR count). The molecule has 1 aromatic heterocycles. The third-order valence-corrected chi connectivity index (χ3v) is 5.86. The molecule has 1 aliphatic rings. The fourth-order valence-corrected chi connectivity index (χ4v) is 3.92. The average molecular weight is 563 g/mol. The Morgan fingerprint density at radius 1 is 1.12 bits per heavy atom. The third kappa shape index (κ3) is 7.89. The number of hydrogen-bond donors (Lipinski definition) is 5. The van der Waals surface area contributed by atoms with Crippen molar-refractivity contribution in [3.8, 4) is 5.75 Å².